The number of hydrogen-bond donors (Lipinski definition) is 1. The first-order chi connectivity index (χ1) is 7.85. The first kappa shape index (κ1) is 14.1. The van der Waals surface area contributed by atoms with E-state index >= 15 is 0 Å². The maximum absolute atomic E-state index is 4.52. The lowest BCUT2D eigenvalue weighted by atomic mass is 9.96. The van der Waals surface area contributed by atoms with Crippen LogP contribution in [0.5, 0.6) is 0 Å². The topological polar surface area (TPSA) is 41.0 Å². The number of hydrogen-bond acceptors (Lipinski definition) is 5. The second-order valence-electron chi connectivity index (χ2n) is 5.26. The molecule has 5 heteroatoms. The van der Waals surface area contributed by atoms with Crippen molar-refractivity contribution in [3.05, 3.63) is 6.07 Å². The van der Waals surface area contributed by atoms with E-state index in [4.69, 9.17) is 0 Å². The van der Waals surface area contributed by atoms with Crippen LogP contribution in [0.25, 0.3) is 0 Å². The molecule has 0 saturated heterocycles. The van der Waals surface area contributed by atoms with Gasteiger partial charge in [-0.25, -0.2) is 9.97 Å². The molecule has 4 nitrogen and oxygen atoms in total. The zero-order valence-electron chi connectivity index (χ0n) is 11.5. The normalized spacial score (nSPS) is 11.4. The Balaban J connectivity index is 2.96. The Morgan fingerprint density at radius 1 is 1.35 bits per heavy atom. The Bertz CT molecular complexity index is 351. The fourth-order valence-electron chi connectivity index (χ4n) is 1.62. The monoisotopic (exact) mass is 254 g/mol. The number of nitrogens with zero attached hydrogens (tertiary/aromatic N) is 3. The van der Waals surface area contributed by atoms with Gasteiger partial charge in [-0.15, -0.1) is 0 Å². The minimum Gasteiger partial charge on any atom is -0.373 e. The third-order valence-corrected chi connectivity index (χ3v) is 2.78. The number of nitrogens with one attached hydrogen (secondary N) is 1. The van der Waals surface area contributed by atoms with E-state index in [1.807, 2.05) is 19.4 Å². The molecule has 1 rings (SSSR count). The molecule has 0 bridgehead atoms. The highest BCUT2D eigenvalue weighted by Gasteiger charge is 2.15. The fourth-order valence-corrected chi connectivity index (χ4v) is 1.99. The molecule has 96 valence electrons. The quantitative estimate of drug-likeness (QED) is 0.661. The molecule has 0 fully saturated rings. The number of aromatic nitrogens is 2. The highest BCUT2D eigenvalue weighted by Crippen LogP contribution is 2.22. The average Bonchev–Trinajstić information content (AvgIpc) is 2.26. The van der Waals surface area contributed by atoms with E-state index < -0.39 is 0 Å². The number of thioether (sulfide) groups is 1. The molecule has 1 aromatic rings. The largest absolute Gasteiger partial charge is 0.373 e. The Hall–Kier alpha value is -0.970. The van der Waals surface area contributed by atoms with Crippen LogP contribution in [0.15, 0.2) is 11.2 Å². The van der Waals surface area contributed by atoms with Crippen molar-refractivity contribution in [1.82, 2.24) is 9.97 Å². The third-order valence-electron chi connectivity index (χ3n) is 2.23. The second-order valence-corrected chi connectivity index (χ2v) is 6.04. The van der Waals surface area contributed by atoms with Crippen LogP contribution < -0.4 is 10.2 Å². The van der Waals surface area contributed by atoms with Crippen LogP contribution in [0.4, 0.5) is 11.6 Å². The Morgan fingerprint density at radius 3 is 2.47 bits per heavy atom. The van der Waals surface area contributed by atoms with Crippen molar-refractivity contribution in [2.75, 3.05) is 37.1 Å². The maximum atomic E-state index is 4.52. The highest BCUT2D eigenvalue weighted by atomic mass is 32.2. The van der Waals surface area contributed by atoms with E-state index in [1.54, 1.807) is 11.8 Å². The van der Waals surface area contributed by atoms with Crippen LogP contribution in [0.2, 0.25) is 0 Å². The van der Waals surface area contributed by atoms with Crippen LogP contribution in [0.1, 0.15) is 20.8 Å². The molecule has 0 radical (unpaired) electrons. The van der Waals surface area contributed by atoms with Gasteiger partial charge in [0, 0.05) is 26.7 Å². The predicted octanol–water partition coefficient (Wildman–Crippen LogP) is 2.72. The van der Waals surface area contributed by atoms with Crippen LogP contribution >= 0.6 is 11.8 Å². The maximum Gasteiger partial charge on any atom is 0.191 e. The van der Waals surface area contributed by atoms with Gasteiger partial charge in [0.05, 0.1) is 0 Å². The van der Waals surface area contributed by atoms with Gasteiger partial charge in [0.15, 0.2) is 5.16 Å². The lowest BCUT2D eigenvalue weighted by Crippen LogP contribution is -2.29. The van der Waals surface area contributed by atoms with Crippen molar-refractivity contribution in [3.8, 4) is 0 Å². The van der Waals surface area contributed by atoms with Gasteiger partial charge < -0.3 is 10.2 Å². The Labute approximate surface area is 108 Å². The average molecular weight is 254 g/mol. The first-order valence-electron chi connectivity index (χ1n) is 5.67. The molecule has 0 atom stereocenters. The summed E-state index contributed by atoms with van der Waals surface area (Å²) in [6.07, 6.45) is 1.99. The minimum absolute atomic E-state index is 0.249. The van der Waals surface area contributed by atoms with Gasteiger partial charge in [-0.3, -0.25) is 0 Å². The van der Waals surface area contributed by atoms with Crippen LogP contribution in [0.3, 0.4) is 0 Å². The smallest absolute Gasteiger partial charge is 0.191 e. The molecule has 0 aliphatic carbocycles. The van der Waals surface area contributed by atoms with E-state index in [1.165, 1.54) is 0 Å². The summed E-state index contributed by atoms with van der Waals surface area (Å²) in [5.74, 6) is 1.82. The van der Waals surface area contributed by atoms with E-state index in [0.29, 0.717) is 0 Å². The second kappa shape index (κ2) is 5.58. The Kier molecular flexibility index (Phi) is 4.62. The Morgan fingerprint density at radius 2 is 2.00 bits per heavy atom. The van der Waals surface area contributed by atoms with Gasteiger partial charge in [-0.05, 0) is 11.7 Å². The van der Waals surface area contributed by atoms with Crippen molar-refractivity contribution >= 4 is 23.4 Å². The van der Waals surface area contributed by atoms with E-state index in [9.17, 15) is 0 Å². The van der Waals surface area contributed by atoms with Crippen molar-refractivity contribution in [2.24, 2.45) is 5.41 Å². The van der Waals surface area contributed by atoms with Gasteiger partial charge in [-0.2, -0.15) is 0 Å². The van der Waals surface area contributed by atoms with E-state index in [2.05, 4.69) is 48.0 Å². The summed E-state index contributed by atoms with van der Waals surface area (Å²) in [5, 5.41) is 3.87. The summed E-state index contributed by atoms with van der Waals surface area (Å²) >= 11 is 1.56. The summed E-state index contributed by atoms with van der Waals surface area (Å²) in [5.41, 5.74) is 0.249. The molecule has 1 heterocycles. The van der Waals surface area contributed by atoms with Crippen molar-refractivity contribution in [3.63, 3.8) is 0 Å². The summed E-state index contributed by atoms with van der Waals surface area (Å²) in [6.45, 7) is 7.62. The predicted molar refractivity (Wildman–Crippen MR) is 76.1 cm³/mol. The molecule has 17 heavy (non-hydrogen) atoms. The van der Waals surface area contributed by atoms with Gasteiger partial charge in [-0.1, -0.05) is 32.5 Å². The highest BCUT2D eigenvalue weighted by molar-refractivity contribution is 7.98. The molecule has 0 unspecified atom stereocenters. The summed E-state index contributed by atoms with van der Waals surface area (Å²) < 4.78 is 0. The molecular formula is C12H22N4S. The lowest BCUT2D eigenvalue weighted by Gasteiger charge is -2.27. The molecule has 0 aliphatic rings. The standard InChI is InChI=1S/C12H22N4S/c1-12(2,3)8-16(5)10-7-9(13-4)14-11(15-10)17-6/h7H,8H2,1-6H3,(H,13,14,15). The van der Waals surface area contributed by atoms with Crippen LogP contribution in [-0.2, 0) is 0 Å². The van der Waals surface area contributed by atoms with Crippen LogP contribution in [0, 0.1) is 5.41 Å². The molecule has 1 N–H and O–H groups in total. The molecule has 0 amide bonds. The molecular weight excluding hydrogens is 232 g/mol. The zero-order valence-corrected chi connectivity index (χ0v) is 12.4. The SMILES string of the molecule is CNc1cc(N(C)CC(C)(C)C)nc(SC)n1. The third kappa shape index (κ3) is 4.42. The summed E-state index contributed by atoms with van der Waals surface area (Å²) in [7, 11) is 3.94. The molecule has 0 aromatic carbocycles. The molecule has 0 spiro atoms. The van der Waals surface area contributed by atoms with Crippen molar-refractivity contribution < 1.29 is 0 Å². The van der Waals surface area contributed by atoms with Crippen molar-refractivity contribution in [1.29, 1.82) is 0 Å². The first-order valence-corrected chi connectivity index (χ1v) is 6.90. The fraction of sp³-hybridized carbons (Fsp3) is 0.667. The number of rotatable bonds is 4. The van der Waals surface area contributed by atoms with Gasteiger partial charge >= 0.3 is 0 Å². The van der Waals surface area contributed by atoms with Gasteiger partial charge in [0.2, 0.25) is 0 Å². The molecule has 0 aliphatic heterocycles. The minimum atomic E-state index is 0.249. The van der Waals surface area contributed by atoms with E-state index in [0.717, 1.165) is 23.3 Å². The summed E-state index contributed by atoms with van der Waals surface area (Å²) in [4.78, 5) is 11.1. The van der Waals surface area contributed by atoms with Gasteiger partial charge in [0.25, 0.3) is 0 Å². The molecule has 0 saturated carbocycles. The van der Waals surface area contributed by atoms with Crippen LogP contribution in [-0.4, -0.2) is 36.9 Å². The van der Waals surface area contributed by atoms with Gasteiger partial charge in [0.1, 0.15) is 11.6 Å². The summed E-state index contributed by atoms with van der Waals surface area (Å²) in [6, 6.07) is 1.98. The molecule has 1 aromatic heterocycles. The number of anilines is 2. The van der Waals surface area contributed by atoms with E-state index in [-0.39, 0.29) is 5.41 Å². The lowest BCUT2D eigenvalue weighted by molar-refractivity contribution is 0.417. The zero-order chi connectivity index (χ0) is 13.1. The van der Waals surface area contributed by atoms with Crippen molar-refractivity contribution in [2.45, 2.75) is 25.9 Å².